The highest BCUT2D eigenvalue weighted by Gasteiger charge is 2.74. The third kappa shape index (κ3) is 5.96. The molecule has 5 bridgehead atoms. The zero-order valence-electron chi connectivity index (χ0n) is 24.7. The second-order valence-corrected chi connectivity index (χ2v) is 12.7. The molecule has 0 unspecified atom stereocenters. The van der Waals surface area contributed by atoms with Crippen LogP contribution >= 0.6 is 15.9 Å². The minimum atomic E-state index is -1.38. The molecule has 3 amide bonds. The van der Waals surface area contributed by atoms with Gasteiger partial charge in [-0.2, -0.15) is 0 Å². The Hall–Kier alpha value is -3.80. The second kappa shape index (κ2) is 13.3. The van der Waals surface area contributed by atoms with Gasteiger partial charge in [-0.3, -0.25) is 19.2 Å². The first kappa shape index (κ1) is 31.2. The number of carbonyl (C=O) groups is 4. The number of rotatable bonds is 6. The summed E-state index contributed by atoms with van der Waals surface area (Å²) in [5, 5.41) is 12.7. The summed E-state index contributed by atoms with van der Waals surface area (Å²) < 4.78 is 12.8. The van der Waals surface area contributed by atoms with Crippen molar-refractivity contribution in [3.63, 3.8) is 0 Å². The fraction of sp³-hybridized carbons (Fsp3) is 0.412. The Morgan fingerprint density at radius 2 is 1.71 bits per heavy atom. The number of esters is 1. The zero-order valence-corrected chi connectivity index (χ0v) is 26.3. The standard InChI is InChI=1S/C34H36BrN3O7/c35-24-19-34-28-27(29(24)45-34)31(41)36-25(23-13-6-2-7-14-23)21-44-26(40)15-8-3-9-16-37(20-22-11-4-1-5-12-22)33(43)30(34)38(32(28)42)17-10-18-39/h1-7,9,11-14,19,25,27-30,39H,8,10,15-18,20-21H2,(H,36,41)/b9-3-/t25-,27-,28+,29-,30-,34+/m1/s1. The maximum absolute atomic E-state index is 14.7. The molecule has 10 nitrogen and oxygen atoms in total. The van der Waals surface area contributed by atoms with Crippen LogP contribution in [0, 0.1) is 11.8 Å². The van der Waals surface area contributed by atoms with E-state index < -0.39 is 47.5 Å². The molecule has 4 aliphatic rings. The van der Waals surface area contributed by atoms with Gasteiger partial charge in [-0.25, -0.2) is 0 Å². The summed E-state index contributed by atoms with van der Waals surface area (Å²) in [4.78, 5) is 58.9. The van der Waals surface area contributed by atoms with Crippen molar-refractivity contribution in [1.29, 1.82) is 0 Å². The maximum atomic E-state index is 14.7. The number of halogens is 1. The first-order chi connectivity index (χ1) is 21.8. The Morgan fingerprint density at radius 3 is 2.44 bits per heavy atom. The molecule has 0 aromatic heterocycles. The zero-order chi connectivity index (χ0) is 31.6. The summed E-state index contributed by atoms with van der Waals surface area (Å²) in [6.45, 7) is 0.406. The van der Waals surface area contributed by atoms with E-state index in [2.05, 4.69) is 21.2 Å². The summed E-state index contributed by atoms with van der Waals surface area (Å²) >= 11 is 3.59. The van der Waals surface area contributed by atoms with Crippen LogP contribution in [0.15, 0.2) is 83.4 Å². The van der Waals surface area contributed by atoms with Gasteiger partial charge in [0.25, 0.3) is 0 Å². The molecule has 2 aromatic rings. The molecular weight excluding hydrogens is 642 g/mol. The molecule has 4 aliphatic heterocycles. The van der Waals surface area contributed by atoms with Crippen LogP contribution in [-0.2, 0) is 35.2 Å². The van der Waals surface area contributed by atoms with Crippen LogP contribution in [0.25, 0.3) is 0 Å². The first-order valence-corrected chi connectivity index (χ1v) is 16.1. The number of fused-ring (bicyclic) bond motifs is 2. The number of cyclic esters (lactones) is 1. The summed E-state index contributed by atoms with van der Waals surface area (Å²) in [5.41, 5.74) is 0.277. The number of nitrogens with one attached hydrogen (secondary N) is 1. The number of hydrogen-bond donors (Lipinski definition) is 2. The third-order valence-electron chi connectivity index (χ3n) is 8.98. The highest BCUT2D eigenvalue weighted by molar-refractivity contribution is 9.11. The summed E-state index contributed by atoms with van der Waals surface area (Å²) in [6, 6.07) is 17.1. The van der Waals surface area contributed by atoms with E-state index in [1.165, 1.54) is 4.90 Å². The van der Waals surface area contributed by atoms with Crippen LogP contribution in [-0.4, -0.2) is 82.6 Å². The monoisotopic (exact) mass is 677 g/mol. The minimum absolute atomic E-state index is 0.0775. The average molecular weight is 679 g/mol. The normalized spacial score (nSPS) is 31.0. The lowest BCUT2D eigenvalue weighted by Gasteiger charge is -2.36. The summed E-state index contributed by atoms with van der Waals surface area (Å²) in [5.74, 6) is -3.41. The van der Waals surface area contributed by atoms with Gasteiger partial charge in [0.2, 0.25) is 17.7 Å². The molecule has 2 aromatic carbocycles. The quantitative estimate of drug-likeness (QED) is 0.356. The fourth-order valence-electron chi connectivity index (χ4n) is 6.93. The topological polar surface area (TPSA) is 125 Å². The molecule has 6 rings (SSSR count). The number of likely N-dealkylation sites (tertiary alicyclic amines) is 1. The maximum Gasteiger partial charge on any atom is 0.306 e. The van der Waals surface area contributed by atoms with Crippen LogP contribution in [0.5, 0.6) is 0 Å². The lowest BCUT2D eigenvalue weighted by molar-refractivity contribution is -0.148. The van der Waals surface area contributed by atoms with Gasteiger partial charge in [0.05, 0.1) is 17.9 Å². The molecule has 11 heteroatoms. The van der Waals surface area contributed by atoms with Gasteiger partial charge >= 0.3 is 5.97 Å². The van der Waals surface area contributed by atoms with Gasteiger partial charge < -0.3 is 29.7 Å². The number of benzene rings is 2. The lowest BCUT2D eigenvalue weighted by atomic mass is 9.74. The Balaban J connectivity index is 1.42. The molecule has 2 saturated heterocycles. The Labute approximate surface area is 270 Å². The number of aliphatic hydroxyl groups excluding tert-OH is 1. The summed E-state index contributed by atoms with van der Waals surface area (Å²) in [7, 11) is 0. The smallest absolute Gasteiger partial charge is 0.306 e. The van der Waals surface area contributed by atoms with E-state index in [9.17, 15) is 24.3 Å². The SMILES string of the molecule is O=C1CC/C=C\CN(Cc2ccccc2)C(=O)[C@H]2N(CCCO)C(=O)[C@@H]3[C@@H](C(=O)N[C@@H](c4ccccc4)CO1)[C@@H]1O[C@@]32C=C1Br. The van der Waals surface area contributed by atoms with Crippen molar-refractivity contribution in [3.8, 4) is 0 Å². The Bertz CT molecular complexity index is 1500. The van der Waals surface area contributed by atoms with Gasteiger partial charge in [0.15, 0.2) is 0 Å². The van der Waals surface area contributed by atoms with E-state index in [4.69, 9.17) is 9.47 Å². The van der Waals surface area contributed by atoms with Crippen molar-refractivity contribution in [2.24, 2.45) is 11.8 Å². The molecule has 2 fully saturated rings. The van der Waals surface area contributed by atoms with Crippen LogP contribution < -0.4 is 5.32 Å². The van der Waals surface area contributed by atoms with E-state index in [1.54, 1.807) is 11.0 Å². The summed E-state index contributed by atoms with van der Waals surface area (Å²) in [6.07, 6.45) is 5.52. The largest absolute Gasteiger partial charge is 0.463 e. The van der Waals surface area contributed by atoms with Gasteiger partial charge in [-0.05, 0) is 30.0 Å². The highest BCUT2D eigenvalue weighted by Crippen LogP contribution is 2.58. The molecule has 0 radical (unpaired) electrons. The predicted octanol–water partition coefficient (Wildman–Crippen LogP) is 3.02. The van der Waals surface area contributed by atoms with Crippen molar-refractivity contribution < 1.29 is 33.8 Å². The highest BCUT2D eigenvalue weighted by atomic mass is 79.9. The minimum Gasteiger partial charge on any atom is -0.463 e. The lowest BCUT2D eigenvalue weighted by Crippen LogP contribution is -2.55. The molecule has 4 heterocycles. The van der Waals surface area contributed by atoms with Crippen molar-refractivity contribution in [2.45, 2.75) is 49.6 Å². The van der Waals surface area contributed by atoms with Crippen LogP contribution in [0.4, 0.5) is 0 Å². The van der Waals surface area contributed by atoms with Gasteiger partial charge in [0.1, 0.15) is 24.4 Å². The Morgan fingerprint density at radius 1 is 0.978 bits per heavy atom. The molecule has 6 atom stereocenters. The fourth-order valence-corrected chi connectivity index (χ4v) is 7.67. The van der Waals surface area contributed by atoms with E-state index >= 15 is 0 Å². The molecule has 45 heavy (non-hydrogen) atoms. The Kier molecular flexibility index (Phi) is 9.21. The van der Waals surface area contributed by atoms with Crippen LogP contribution in [0.3, 0.4) is 0 Å². The number of ether oxygens (including phenoxy) is 2. The van der Waals surface area contributed by atoms with Crippen molar-refractivity contribution in [3.05, 3.63) is 94.5 Å². The molecule has 236 valence electrons. The second-order valence-electron chi connectivity index (χ2n) is 11.8. The van der Waals surface area contributed by atoms with E-state index in [1.807, 2.05) is 72.8 Å². The van der Waals surface area contributed by atoms with Crippen molar-refractivity contribution >= 4 is 39.6 Å². The molecule has 1 spiro atoms. The molecular formula is C34H36BrN3O7. The number of nitrogens with zero attached hydrogens (tertiary/aromatic N) is 2. The van der Waals surface area contributed by atoms with Gasteiger partial charge in [0, 0.05) is 37.1 Å². The van der Waals surface area contributed by atoms with Crippen LogP contribution in [0.2, 0.25) is 0 Å². The van der Waals surface area contributed by atoms with Gasteiger partial charge in [-0.1, -0.05) is 88.7 Å². The van der Waals surface area contributed by atoms with E-state index in [-0.39, 0.29) is 57.5 Å². The number of aliphatic hydroxyl groups is 1. The van der Waals surface area contributed by atoms with Gasteiger partial charge in [-0.15, -0.1) is 0 Å². The number of amides is 3. The predicted molar refractivity (Wildman–Crippen MR) is 167 cm³/mol. The number of hydrogen-bond acceptors (Lipinski definition) is 7. The molecule has 2 N–H and O–H groups in total. The molecule has 0 saturated carbocycles. The third-order valence-corrected chi connectivity index (χ3v) is 9.66. The average Bonchev–Trinajstić information content (AvgIpc) is 3.64. The number of carbonyl (C=O) groups excluding carboxylic acids is 4. The molecule has 0 aliphatic carbocycles. The van der Waals surface area contributed by atoms with E-state index in [0.717, 1.165) is 11.1 Å². The first-order valence-electron chi connectivity index (χ1n) is 15.3. The van der Waals surface area contributed by atoms with Crippen molar-refractivity contribution in [1.82, 2.24) is 15.1 Å². The van der Waals surface area contributed by atoms with Crippen LogP contribution in [0.1, 0.15) is 36.4 Å². The van der Waals surface area contributed by atoms with E-state index in [0.29, 0.717) is 10.9 Å². The van der Waals surface area contributed by atoms with Crippen molar-refractivity contribution in [2.75, 3.05) is 26.3 Å². The number of allylic oxidation sites excluding steroid dienone is 1.